The van der Waals surface area contributed by atoms with Crippen molar-refractivity contribution in [2.45, 2.75) is 50.6 Å². The summed E-state index contributed by atoms with van der Waals surface area (Å²) in [5.41, 5.74) is 0.788. The number of nitrogens with one attached hydrogen (secondary N) is 2. The molecule has 1 aromatic rings. The molecule has 0 bridgehead atoms. The number of ether oxygens (including phenoxy) is 1. The number of hydrogen-bond acceptors (Lipinski definition) is 4. The highest BCUT2D eigenvalue weighted by Crippen LogP contribution is 2.28. The average molecular weight is 360 g/mol. The van der Waals surface area contributed by atoms with Crippen LogP contribution in [0.4, 0.5) is 18.0 Å². The smallest absolute Gasteiger partial charge is 0.378 e. The number of rotatable bonds is 3. The van der Waals surface area contributed by atoms with Gasteiger partial charge < -0.3 is 15.0 Å². The molecule has 0 spiro atoms. The maximum absolute atomic E-state index is 13.2. The Morgan fingerprint density at radius 1 is 1.52 bits per heavy atom. The molecule has 0 saturated carbocycles. The largest absolute Gasteiger partial charge is 0.408 e. The Kier molecular flexibility index (Phi) is 4.98. The van der Waals surface area contributed by atoms with Crippen molar-refractivity contribution < 1.29 is 22.7 Å². The van der Waals surface area contributed by atoms with Gasteiger partial charge >= 0.3 is 12.2 Å². The van der Waals surface area contributed by atoms with Crippen LogP contribution in [0, 0.1) is 0 Å². The van der Waals surface area contributed by atoms with Crippen LogP contribution in [-0.2, 0) is 17.7 Å². The Morgan fingerprint density at radius 3 is 3.00 bits per heavy atom. The van der Waals surface area contributed by atoms with Gasteiger partial charge in [0.1, 0.15) is 6.04 Å². The maximum atomic E-state index is 13.2. The van der Waals surface area contributed by atoms with Crippen molar-refractivity contribution in [1.29, 1.82) is 0 Å². The summed E-state index contributed by atoms with van der Waals surface area (Å²) in [5.74, 6) is 0. The second kappa shape index (κ2) is 7.03. The average Bonchev–Trinajstić information content (AvgIpc) is 3.05. The summed E-state index contributed by atoms with van der Waals surface area (Å²) in [5, 5.41) is 8.27. The zero-order valence-electron chi connectivity index (χ0n) is 13.4. The fraction of sp³-hybridized carbons (Fsp3) is 0.667. The van der Waals surface area contributed by atoms with E-state index in [1.165, 1.54) is 11.0 Å². The quantitative estimate of drug-likeness (QED) is 0.852. The van der Waals surface area contributed by atoms with Crippen LogP contribution >= 0.6 is 0 Å². The van der Waals surface area contributed by atoms with Gasteiger partial charge in [-0.2, -0.15) is 18.3 Å². The molecule has 2 unspecified atom stereocenters. The van der Waals surface area contributed by atoms with Crippen molar-refractivity contribution in [3.05, 3.63) is 27.7 Å². The van der Waals surface area contributed by atoms with Crippen LogP contribution < -0.4 is 10.9 Å². The summed E-state index contributed by atoms with van der Waals surface area (Å²) in [6.45, 7) is 0.749. The van der Waals surface area contributed by atoms with E-state index in [4.69, 9.17) is 4.74 Å². The van der Waals surface area contributed by atoms with E-state index in [0.717, 1.165) is 6.42 Å². The standard InChI is InChI=1S/C15H19F3N4O3/c16-15(17,18)12(7-10-2-1-5-25-10)19-14(24)22-4-3-11-9(8-22)6-13(23)21-20-11/h6,10,12H,1-5,7-8H2,(H,19,24)(H,21,23). The van der Waals surface area contributed by atoms with Crippen molar-refractivity contribution in [3.63, 3.8) is 0 Å². The summed E-state index contributed by atoms with van der Waals surface area (Å²) in [6, 6.07) is -1.44. The highest BCUT2D eigenvalue weighted by molar-refractivity contribution is 5.75. The zero-order chi connectivity index (χ0) is 18.0. The van der Waals surface area contributed by atoms with Crippen LogP contribution in [0.2, 0.25) is 0 Å². The Bertz CT molecular complexity index is 685. The van der Waals surface area contributed by atoms with Gasteiger partial charge in [-0.15, -0.1) is 0 Å². The van der Waals surface area contributed by atoms with Gasteiger partial charge in [0.2, 0.25) is 0 Å². The van der Waals surface area contributed by atoms with E-state index < -0.39 is 29.9 Å². The molecular formula is C15H19F3N4O3. The Hall–Kier alpha value is -2.10. The molecule has 0 aromatic carbocycles. The fourth-order valence-corrected chi connectivity index (χ4v) is 3.13. The third-order valence-electron chi connectivity index (χ3n) is 4.46. The van der Waals surface area contributed by atoms with E-state index in [0.29, 0.717) is 30.7 Å². The number of aromatic nitrogens is 2. The number of carbonyl (C=O) groups is 1. The molecule has 0 aliphatic carbocycles. The first-order valence-corrected chi connectivity index (χ1v) is 8.14. The molecule has 1 saturated heterocycles. The van der Waals surface area contributed by atoms with Gasteiger partial charge in [-0.3, -0.25) is 4.79 Å². The molecule has 10 heteroatoms. The first-order chi connectivity index (χ1) is 11.8. The highest BCUT2D eigenvalue weighted by Gasteiger charge is 2.43. The molecule has 0 radical (unpaired) electrons. The van der Waals surface area contributed by atoms with E-state index >= 15 is 0 Å². The number of aromatic amines is 1. The first-order valence-electron chi connectivity index (χ1n) is 8.14. The van der Waals surface area contributed by atoms with Crippen LogP contribution in [0.5, 0.6) is 0 Å². The zero-order valence-corrected chi connectivity index (χ0v) is 13.4. The molecule has 2 amide bonds. The van der Waals surface area contributed by atoms with Crippen LogP contribution in [-0.4, -0.2) is 52.6 Å². The maximum Gasteiger partial charge on any atom is 0.408 e. The van der Waals surface area contributed by atoms with Gasteiger partial charge in [0.05, 0.1) is 11.8 Å². The molecule has 7 nitrogen and oxygen atoms in total. The lowest BCUT2D eigenvalue weighted by molar-refractivity contribution is -0.160. The van der Waals surface area contributed by atoms with Crippen molar-refractivity contribution in [3.8, 4) is 0 Å². The van der Waals surface area contributed by atoms with E-state index in [2.05, 4.69) is 15.5 Å². The Labute approximate surface area is 141 Å². The molecular weight excluding hydrogens is 341 g/mol. The van der Waals surface area contributed by atoms with E-state index in [9.17, 15) is 22.8 Å². The topological polar surface area (TPSA) is 87.3 Å². The molecule has 25 heavy (non-hydrogen) atoms. The van der Waals surface area contributed by atoms with Crippen molar-refractivity contribution >= 4 is 6.03 Å². The number of alkyl halides is 3. The minimum absolute atomic E-state index is 0.0581. The predicted octanol–water partition coefficient (Wildman–Crippen LogP) is 1.34. The summed E-state index contributed by atoms with van der Waals surface area (Å²) >= 11 is 0. The number of urea groups is 1. The van der Waals surface area contributed by atoms with Gasteiger partial charge in [-0.05, 0) is 12.8 Å². The van der Waals surface area contributed by atoms with Gasteiger partial charge in [-0.25, -0.2) is 9.89 Å². The second-order valence-corrected chi connectivity index (χ2v) is 6.29. The molecule has 1 aromatic heterocycles. The van der Waals surface area contributed by atoms with E-state index in [1.807, 2.05) is 0 Å². The number of fused-ring (bicyclic) bond motifs is 1. The minimum Gasteiger partial charge on any atom is -0.378 e. The molecule has 2 aliphatic heterocycles. The van der Waals surface area contributed by atoms with Crippen LogP contribution in [0.25, 0.3) is 0 Å². The minimum atomic E-state index is -4.55. The third kappa shape index (κ3) is 4.30. The normalized spacial score (nSPS) is 21.7. The molecule has 3 rings (SSSR count). The molecule has 2 N–H and O–H groups in total. The van der Waals surface area contributed by atoms with Crippen LogP contribution in [0.15, 0.2) is 10.9 Å². The van der Waals surface area contributed by atoms with Crippen molar-refractivity contribution in [2.75, 3.05) is 13.2 Å². The van der Waals surface area contributed by atoms with E-state index in [1.54, 1.807) is 0 Å². The van der Waals surface area contributed by atoms with Crippen molar-refractivity contribution in [1.82, 2.24) is 20.4 Å². The lowest BCUT2D eigenvalue weighted by Gasteiger charge is -2.31. The predicted molar refractivity (Wildman–Crippen MR) is 80.9 cm³/mol. The lowest BCUT2D eigenvalue weighted by atomic mass is 10.1. The number of hydrogen-bond donors (Lipinski definition) is 2. The molecule has 138 valence electrons. The van der Waals surface area contributed by atoms with Gasteiger partial charge in [0.15, 0.2) is 0 Å². The van der Waals surface area contributed by atoms with E-state index in [-0.39, 0.29) is 19.5 Å². The number of halogens is 3. The SMILES string of the molecule is O=C(NC(CC1CCCO1)C(F)(F)F)N1CCc2n[nH]c(=O)cc2C1. The highest BCUT2D eigenvalue weighted by atomic mass is 19.4. The molecule has 3 heterocycles. The number of nitrogens with zero attached hydrogens (tertiary/aromatic N) is 2. The summed E-state index contributed by atoms with van der Waals surface area (Å²) in [4.78, 5) is 24.9. The molecule has 2 aliphatic rings. The van der Waals surface area contributed by atoms with Crippen LogP contribution in [0.1, 0.15) is 30.5 Å². The second-order valence-electron chi connectivity index (χ2n) is 6.29. The first kappa shape index (κ1) is 17.7. The number of amides is 2. The number of H-pyrrole nitrogens is 1. The monoisotopic (exact) mass is 360 g/mol. The molecule has 1 fully saturated rings. The fourth-order valence-electron chi connectivity index (χ4n) is 3.13. The van der Waals surface area contributed by atoms with Crippen LogP contribution in [0.3, 0.4) is 0 Å². The summed E-state index contributed by atoms with van der Waals surface area (Å²) in [6.07, 6.45) is -3.66. The summed E-state index contributed by atoms with van der Waals surface area (Å²) in [7, 11) is 0. The third-order valence-corrected chi connectivity index (χ3v) is 4.46. The Morgan fingerprint density at radius 2 is 2.32 bits per heavy atom. The van der Waals surface area contributed by atoms with Gasteiger partial charge in [-0.1, -0.05) is 0 Å². The van der Waals surface area contributed by atoms with Crippen molar-refractivity contribution in [2.24, 2.45) is 0 Å². The molecule has 2 atom stereocenters. The summed E-state index contributed by atoms with van der Waals surface area (Å²) < 4.78 is 45.0. The number of carbonyl (C=O) groups excluding carboxylic acids is 1. The van der Waals surface area contributed by atoms with Gasteiger partial charge in [0.25, 0.3) is 5.56 Å². The lowest BCUT2D eigenvalue weighted by Crippen LogP contribution is -2.52. The Balaban J connectivity index is 1.66. The van der Waals surface area contributed by atoms with Gasteiger partial charge in [0, 0.05) is 44.2 Å².